The Labute approximate surface area is 400 Å². The summed E-state index contributed by atoms with van der Waals surface area (Å²) in [6, 6.07) is 0. The second kappa shape index (κ2) is 35.4. The van der Waals surface area contributed by atoms with Gasteiger partial charge in [0.25, 0.3) is 5.60 Å². The van der Waals surface area contributed by atoms with Crippen molar-refractivity contribution in [3.8, 4) is 0 Å². The predicted molar refractivity (Wildman–Crippen MR) is 260 cm³/mol. The standard InChI is InChI=1S/C54H96O12/c1-7-13-19-25-31-37-43(55)52(64-46(58)40-34-28-22-16-10-4)50(62)49(61)51(63)53(44(56)38-32-26-20-14-8-2,65-47(59)41-35-29-23-17-11-5)54(52,45(57)39-33-27-21-15-9-3)66-48(60)42-36-30-24-18-12-6/h49-51,61-63H,7-42H2,1-6H3/t49?,50-,51+,52+,53-,54?. The van der Waals surface area contributed by atoms with E-state index in [0.717, 1.165) is 116 Å². The van der Waals surface area contributed by atoms with E-state index in [9.17, 15) is 29.7 Å². The van der Waals surface area contributed by atoms with E-state index in [-0.39, 0.29) is 38.5 Å². The molecule has 1 aliphatic rings. The number of aliphatic hydroxyl groups is 3. The first-order valence-corrected chi connectivity index (χ1v) is 27.1. The number of aliphatic hydroxyl groups excluding tert-OH is 3. The minimum atomic E-state index is -3.40. The highest BCUT2D eigenvalue weighted by Gasteiger charge is 2.87. The molecule has 66 heavy (non-hydrogen) atoms. The van der Waals surface area contributed by atoms with Crippen LogP contribution >= 0.6 is 0 Å². The van der Waals surface area contributed by atoms with Gasteiger partial charge in [-0.15, -0.1) is 0 Å². The van der Waals surface area contributed by atoms with Crippen molar-refractivity contribution in [2.45, 2.75) is 308 Å². The van der Waals surface area contributed by atoms with E-state index in [1.54, 1.807) is 0 Å². The second-order valence-electron chi connectivity index (χ2n) is 19.2. The Bertz CT molecular complexity index is 1310. The van der Waals surface area contributed by atoms with Crippen LogP contribution in [0.4, 0.5) is 0 Å². The number of rotatable bonds is 42. The highest BCUT2D eigenvalue weighted by molar-refractivity contribution is 6.10. The molecular formula is C54H96O12. The molecule has 12 heteroatoms. The van der Waals surface area contributed by atoms with Gasteiger partial charge in [0.2, 0.25) is 11.2 Å². The zero-order valence-electron chi connectivity index (χ0n) is 42.7. The average Bonchev–Trinajstić information content (AvgIpc) is 3.30. The molecule has 0 aliphatic heterocycles. The Morgan fingerprint density at radius 2 is 0.545 bits per heavy atom. The van der Waals surface area contributed by atoms with Crippen molar-refractivity contribution in [3.05, 3.63) is 0 Å². The van der Waals surface area contributed by atoms with Gasteiger partial charge >= 0.3 is 17.9 Å². The van der Waals surface area contributed by atoms with E-state index in [4.69, 9.17) is 14.2 Å². The van der Waals surface area contributed by atoms with Crippen LogP contribution in [0.25, 0.3) is 0 Å². The lowest BCUT2D eigenvalue weighted by Gasteiger charge is -2.61. The number of hydrogen-bond donors (Lipinski definition) is 3. The van der Waals surface area contributed by atoms with Gasteiger partial charge < -0.3 is 29.5 Å². The normalized spacial score (nSPS) is 22.8. The third kappa shape index (κ3) is 18.3. The summed E-state index contributed by atoms with van der Waals surface area (Å²) in [5.41, 5.74) is -9.97. The second-order valence-corrected chi connectivity index (χ2v) is 19.2. The zero-order chi connectivity index (χ0) is 49.3. The fourth-order valence-electron chi connectivity index (χ4n) is 9.59. The van der Waals surface area contributed by atoms with Crippen molar-refractivity contribution in [1.29, 1.82) is 0 Å². The van der Waals surface area contributed by atoms with Crippen molar-refractivity contribution in [2.75, 3.05) is 0 Å². The van der Waals surface area contributed by atoms with Crippen LogP contribution in [0.2, 0.25) is 0 Å². The molecule has 0 heterocycles. The van der Waals surface area contributed by atoms with E-state index in [0.29, 0.717) is 57.8 Å². The van der Waals surface area contributed by atoms with Gasteiger partial charge in [0, 0.05) is 38.5 Å². The lowest BCUT2D eigenvalue weighted by molar-refractivity contribution is -0.324. The molecular weight excluding hydrogens is 841 g/mol. The maximum absolute atomic E-state index is 15.9. The summed E-state index contributed by atoms with van der Waals surface area (Å²) in [4.78, 5) is 90.6. The lowest BCUT2D eigenvalue weighted by Crippen LogP contribution is -2.91. The first kappa shape index (κ1) is 61.3. The molecule has 384 valence electrons. The topological polar surface area (TPSA) is 191 Å². The smallest absolute Gasteiger partial charge is 0.307 e. The predicted octanol–water partition coefficient (Wildman–Crippen LogP) is 11.8. The molecule has 3 N–H and O–H groups in total. The van der Waals surface area contributed by atoms with Crippen molar-refractivity contribution >= 4 is 35.3 Å². The van der Waals surface area contributed by atoms with Gasteiger partial charge in [-0.05, 0) is 38.5 Å². The molecule has 6 atom stereocenters. The molecule has 0 aromatic heterocycles. The van der Waals surface area contributed by atoms with E-state index in [2.05, 4.69) is 20.8 Å². The van der Waals surface area contributed by atoms with Crippen LogP contribution in [-0.4, -0.2) is 85.7 Å². The first-order valence-electron chi connectivity index (χ1n) is 27.1. The van der Waals surface area contributed by atoms with Crippen LogP contribution < -0.4 is 0 Å². The Balaban J connectivity index is 4.56. The SMILES string of the molecule is CCCCCCCC(=O)OC1(C(=O)CCCCCCC)[C@@](OC(=O)CCCCCCC)(C(=O)CCCCCCC)[C@@H](O)C(O)[C@@H](O)[C@@]1(OC(=O)CCCCCCC)C(=O)CCCCCCC. The molecule has 1 rings (SSSR count). The maximum Gasteiger partial charge on any atom is 0.307 e. The Morgan fingerprint density at radius 1 is 0.318 bits per heavy atom. The van der Waals surface area contributed by atoms with Gasteiger partial charge in [0.05, 0.1) is 0 Å². The lowest BCUT2D eigenvalue weighted by atomic mass is 9.53. The number of carbonyl (C=O) groups is 6. The third-order valence-corrected chi connectivity index (χ3v) is 13.5. The highest BCUT2D eigenvalue weighted by Crippen LogP contribution is 2.55. The molecule has 12 nitrogen and oxygen atoms in total. The van der Waals surface area contributed by atoms with E-state index < -0.39 is 89.6 Å². The maximum atomic E-state index is 15.9. The molecule has 0 radical (unpaired) electrons. The summed E-state index contributed by atoms with van der Waals surface area (Å²) in [6.07, 6.45) is 11.1. The van der Waals surface area contributed by atoms with Gasteiger partial charge in [-0.1, -0.05) is 196 Å². The number of unbranched alkanes of at least 4 members (excludes halogenated alkanes) is 24. The third-order valence-electron chi connectivity index (χ3n) is 13.5. The van der Waals surface area contributed by atoms with Crippen molar-refractivity contribution in [2.24, 2.45) is 0 Å². The van der Waals surface area contributed by atoms with E-state index in [1.807, 2.05) is 20.8 Å². The quantitative estimate of drug-likeness (QED) is 0.0299. The first-order chi connectivity index (χ1) is 31.8. The molecule has 0 saturated heterocycles. The summed E-state index contributed by atoms with van der Waals surface area (Å²) in [5.74, 6) is -6.29. The molecule has 0 amide bonds. The minimum absolute atomic E-state index is 0.184. The summed E-state index contributed by atoms with van der Waals surface area (Å²) in [7, 11) is 0. The molecule has 0 aromatic rings. The summed E-state index contributed by atoms with van der Waals surface area (Å²) in [6.45, 7) is 12.3. The van der Waals surface area contributed by atoms with Crippen LogP contribution in [0, 0.1) is 0 Å². The molecule has 0 spiro atoms. The van der Waals surface area contributed by atoms with Crippen LogP contribution in [0.3, 0.4) is 0 Å². The molecule has 1 aliphatic carbocycles. The molecule has 0 bridgehead atoms. The Hall–Kier alpha value is -2.70. The van der Waals surface area contributed by atoms with Gasteiger partial charge in [0.15, 0.2) is 17.3 Å². The summed E-state index contributed by atoms with van der Waals surface area (Å²) >= 11 is 0. The minimum Gasteiger partial charge on any atom is -0.443 e. The number of carbonyl (C=O) groups excluding carboxylic acids is 6. The molecule has 2 unspecified atom stereocenters. The van der Waals surface area contributed by atoms with Gasteiger partial charge in [-0.3, -0.25) is 28.8 Å². The van der Waals surface area contributed by atoms with Gasteiger partial charge in [-0.2, -0.15) is 0 Å². The van der Waals surface area contributed by atoms with Crippen LogP contribution in [-0.2, 0) is 43.0 Å². The molecule has 1 fully saturated rings. The van der Waals surface area contributed by atoms with Crippen molar-refractivity contribution in [1.82, 2.24) is 0 Å². The van der Waals surface area contributed by atoms with Crippen LogP contribution in [0.15, 0.2) is 0 Å². The summed E-state index contributed by atoms with van der Waals surface area (Å²) < 4.78 is 19.1. The van der Waals surface area contributed by atoms with Gasteiger partial charge in [0.1, 0.15) is 18.3 Å². The Kier molecular flexibility index (Phi) is 32.9. The van der Waals surface area contributed by atoms with Crippen molar-refractivity contribution < 1.29 is 58.3 Å². The monoisotopic (exact) mass is 937 g/mol. The van der Waals surface area contributed by atoms with E-state index in [1.165, 1.54) is 0 Å². The molecule has 0 aromatic carbocycles. The van der Waals surface area contributed by atoms with Crippen LogP contribution in [0.5, 0.6) is 0 Å². The largest absolute Gasteiger partial charge is 0.443 e. The average molecular weight is 937 g/mol. The fourth-order valence-corrected chi connectivity index (χ4v) is 9.59. The highest BCUT2D eigenvalue weighted by atomic mass is 16.7. The number of hydrogen-bond acceptors (Lipinski definition) is 12. The number of ketones is 3. The zero-order valence-corrected chi connectivity index (χ0v) is 42.7. The fraction of sp³-hybridized carbons (Fsp3) is 0.889. The molecule has 1 saturated carbocycles. The number of Topliss-reactive ketones (excluding diaryl/α,β-unsaturated/α-hetero) is 3. The number of ether oxygens (including phenoxy) is 3. The van der Waals surface area contributed by atoms with Crippen molar-refractivity contribution in [3.63, 3.8) is 0 Å². The van der Waals surface area contributed by atoms with Gasteiger partial charge in [-0.25, -0.2) is 0 Å². The number of esters is 3. The van der Waals surface area contributed by atoms with E-state index >= 15 is 14.4 Å². The summed E-state index contributed by atoms with van der Waals surface area (Å²) in [5, 5.41) is 37.4. The Morgan fingerprint density at radius 3 is 0.818 bits per heavy atom. The van der Waals surface area contributed by atoms with Crippen LogP contribution in [0.1, 0.15) is 273 Å².